The van der Waals surface area contributed by atoms with Gasteiger partial charge in [-0.25, -0.2) is 0 Å². The standard InChI is InChI=1S/C23H28BrN3O/c1-26-13-15-27(16-14-26)21-9-7-20(8-10-21)25-22(28)23(11-2-3-12-23)18-5-4-6-19(24)17-18/h4-10,17H,2-3,11-16H2,1H3,(H,25,28). The summed E-state index contributed by atoms with van der Waals surface area (Å²) in [4.78, 5) is 18.1. The maximum atomic E-state index is 13.3. The molecule has 2 fully saturated rings. The lowest BCUT2D eigenvalue weighted by atomic mass is 9.78. The van der Waals surface area contributed by atoms with E-state index < -0.39 is 5.41 Å². The lowest BCUT2D eigenvalue weighted by Gasteiger charge is -2.34. The Morgan fingerprint density at radius 3 is 2.32 bits per heavy atom. The van der Waals surface area contributed by atoms with Crippen LogP contribution >= 0.6 is 15.9 Å². The Morgan fingerprint density at radius 1 is 1.00 bits per heavy atom. The van der Waals surface area contributed by atoms with Crippen molar-refractivity contribution in [1.82, 2.24) is 4.90 Å². The number of carbonyl (C=O) groups excluding carboxylic acids is 1. The van der Waals surface area contributed by atoms with Crippen LogP contribution in [0.1, 0.15) is 31.2 Å². The van der Waals surface area contributed by atoms with Crippen LogP contribution in [-0.4, -0.2) is 44.0 Å². The van der Waals surface area contributed by atoms with Gasteiger partial charge in [-0.3, -0.25) is 4.79 Å². The summed E-state index contributed by atoms with van der Waals surface area (Å²) in [5.41, 5.74) is 2.81. The van der Waals surface area contributed by atoms with Crippen molar-refractivity contribution in [2.75, 3.05) is 43.4 Å². The molecule has 1 saturated heterocycles. The van der Waals surface area contributed by atoms with Gasteiger partial charge in [-0.2, -0.15) is 0 Å². The number of hydrogen-bond donors (Lipinski definition) is 1. The summed E-state index contributed by atoms with van der Waals surface area (Å²) in [5.74, 6) is 0.121. The molecule has 28 heavy (non-hydrogen) atoms. The van der Waals surface area contributed by atoms with Crippen LogP contribution < -0.4 is 10.2 Å². The van der Waals surface area contributed by atoms with E-state index >= 15 is 0 Å². The predicted molar refractivity (Wildman–Crippen MR) is 119 cm³/mol. The quantitative estimate of drug-likeness (QED) is 0.749. The number of benzene rings is 2. The van der Waals surface area contributed by atoms with E-state index in [0.29, 0.717) is 0 Å². The molecule has 4 nitrogen and oxygen atoms in total. The van der Waals surface area contributed by atoms with E-state index in [9.17, 15) is 4.79 Å². The third-order valence-corrected chi connectivity index (χ3v) is 6.76. The molecule has 1 aliphatic heterocycles. The number of anilines is 2. The second kappa shape index (κ2) is 8.26. The Bertz CT molecular complexity index is 822. The Morgan fingerprint density at radius 2 is 1.68 bits per heavy atom. The number of halogens is 1. The number of nitrogens with zero attached hydrogens (tertiary/aromatic N) is 2. The van der Waals surface area contributed by atoms with Crippen molar-refractivity contribution in [3.05, 3.63) is 58.6 Å². The van der Waals surface area contributed by atoms with Gasteiger partial charge in [-0.1, -0.05) is 40.9 Å². The fourth-order valence-electron chi connectivity index (χ4n) is 4.48. The van der Waals surface area contributed by atoms with E-state index in [1.165, 1.54) is 5.69 Å². The fraction of sp³-hybridized carbons (Fsp3) is 0.435. The van der Waals surface area contributed by atoms with Gasteiger partial charge in [0.2, 0.25) is 5.91 Å². The number of rotatable bonds is 4. The van der Waals surface area contributed by atoms with Crippen LogP contribution in [0.2, 0.25) is 0 Å². The normalized spacial score (nSPS) is 19.6. The summed E-state index contributed by atoms with van der Waals surface area (Å²) in [5, 5.41) is 3.20. The Balaban J connectivity index is 1.49. The molecule has 0 spiro atoms. The summed E-state index contributed by atoms with van der Waals surface area (Å²) in [7, 11) is 2.17. The van der Waals surface area contributed by atoms with Crippen molar-refractivity contribution in [3.63, 3.8) is 0 Å². The summed E-state index contributed by atoms with van der Waals surface area (Å²) in [6, 6.07) is 16.6. The molecule has 1 heterocycles. The van der Waals surface area contributed by atoms with Crippen molar-refractivity contribution in [2.45, 2.75) is 31.1 Å². The third-order valence-electron chi connectivity index (χ3n) is 6.26. The minimum absolute atomic E-state index is 0.121. The number of carbonyl (C=O) groups is 1. The summed E-state index contributed by atoms with van der Waals surface area (Å²) in [6.45, 7) is 4.28. The van der Waals surface area contributed by atoms with E-state index in [1.807, 2.05) is 24.3 Å². The summed E-state index contributed by atoms with van der Waals surface area (Å²) >= 11 is 3.56. The third kappa shape index (κ3) is 3.96. The highest BCUT2D eigenvalue weighted by Crippen LogP contribution is 2.42. The molecule has 0 unspecified atom stereocenters. The molecular formula is C23H28BrN3O. The Labute approximate surface area is 176 Å². The van der Waals surface area contributed by atoms with E-state index in [0.717, 1.165) is 67.6 Å². The van der Waals surface area contributed by atoms with Gasteiger partial charge in [0.15, 0.2) is 0 Å². The van der Waals surface area contributed by atoms with Gasteiger partial charge in [-0.05, 0) is 61.9 Å². The molecule has 2 aromatic rings. The highest BCUT2D eigenvalue weighted by molar-refractivity contribution is 9.10. The molecule has 2 aliphatic rings. The molecule has 5 heteroatoms. The predicted octanol–water partition coefficient (Wildman–Crippen LogP) is 4.65. The second-order valence-corrected chi connectivity index (χ2v) is 9.01. The minimum Gasteiger partial charge on any atom is -0.369 e. The average Bonchev–Trinajstić information content (AvgIpc) is 3.21. The van der Waals surface area contributed by atoms with Crippen LogP contribution in [0.4, 0.5) is 11.4 Å². The van der Waals surface area contributed by atoms with Gasteiger partial charge in [0.25, 0.3) is 0 Å². The molecule has 1 aliphatic carbocycles. The molecule has 0 bridgehead atoms. The number of amides is 1. The summed E-state index contributed by atoms with van der Waals surface area (Å²) in [6.07, 6.45) is 4.02. The molecular weight excluding hydrogens is 414 g/mol. The molecule has 2 aromatic carbocycles. The topological polar surface area (TPSA) is 35.6 Å². The van der Waals surface area contributed by atoms with Gasteiger partial charge in [0.05, 0.1) is 5.41 Å². The van der Waals surface area contributed by atoms with E-state index in [2.05, 4.69) is 62.4 Å². The van der Waals surface area contributed by atoms with E-state index in [4.69, 9.17) is 0 Å². The number of likely N-dealkylation sites (N-methyl/N-ethyl adjacent to an activating group) is 1. The van der Waals surface area contributed by atoms with Gasteiger partial charge in [-0.15, -0.1) is 0 Å². The van der Waals surface area contributed by atoms with Crippen molar-refractivity contribution >= 4 is 33.2 Å². The molecule has 148 valence electrons. The zero-order valence-corrected chi connectivity index (χ0v) is 18.0. The van der Waals surface area contributed by atoms with Crippen LogP contribution in [0.25, 0.3) is 0 Å². The van der Waals surface area contributed by atoms with Gasteiger partial charge >= 0.3 is 0 Å². The van der Waals surface area contributed by atoms with Crippen LogP contribution in [0.15, 0.2) is 53.0 Å². The van der Waals surface area contributed by atoms with Crippen molar-refractivity contribution in [1.29, 1.82) is 0 Å². The molecule has 1 saturated carbocycles. The number of nitrogens with one attached hydrogen (secondary N) is 1. The van der Waals surface area contributed by atoms with E-state index in [1.54, 1.807) is 0 Å². The highest BCUT2D eigenvalue weighted by Gasteiger charge is 2.42. The SMILES string of the molecule is CN1CCN(c2ccc(NC(=O)C3(c4cccc(Br)c4)CCCC3)cc2)CC1. The zero-order chi connectivity index (χ0) is 19.6. The number of piperazine rings is 1. The zero-order valence-electron chi connectivity index (χ0n) is 16.5. The maximum Gasteiger partial charge on any atom is 0.235 e. The Hall–Kier alpha value is -1.85. The van der Waals surface area contributed by atoms with Crippen LogP contribution in [0, 0.1) is 0 Å². The molecule has 1 amide bonds. The molecule has 0 radical (unpaired) electrons. The monoisotopic (exact) mass is 441 g/mol. The lowest BCUT2D eigenvalue weighted by Crippen LogP contribution is -2.44. The minimum atomic E-state index is -0.417. The fourth-order valence-corrected chi connectivity index (χ4v) is 4.88. The molecule has 0 aromatic heterocycles. The van der Waals surface area contributed by atoms with Crippen molar-refractivity contribution in [3.8, 4) is 0 Å². The lowest BCUT2D eigenvalue weighted by molar-refractivity contribution is -0.121. The maximum absolute atomic E-state index is 13.3. The first-order valence-electron chi connectivity index (χ1n) is 10.2. The van der Waals surface area contributed by atoms with Crippen molar-refractivity contribution in [2.24, 2.45) is 0 Å². The first-order valence-corrected chi connectivity index (χ1v) is 11.0. The molecule has 4 rings (SSSR count). The summed E-state index contributed by atoms with van der Waals surface area (Å²) < 4.78 is 1.03. The van der Waals surface area contributed by atoms with Crippen molar-refractivity contribution < 1.29 is 4.79 Å². The largest absolute Gasteiger partial charge is 0.369 e. The van der Waals surface area contributed by atoms with Crippen LogP contribution in [-0.2, 0) is 10.2 Å². The number of hydrogen-bond acceptors (Lipinski definition) is 3. The van der Waals surface area contributed by atoms with Crippen LogP contribution in [0.3, 0.4) is 0 Å². The van der Waals surface area contributed by atoms with E-state index in [-0.39, 0.29) is 5.91 Å². The second-order valence-electron chi connectivity index (χ2n) is 8.09. The molecule has 1 N–H and O–H groups in total. The highest BCUT2D eigenvalue weighted by atomic mass is 79.9. The van der Waals surface area contributed by atoms with Crippen LogP contribution in [0.5, 0.6) is 0 Å². The van der Waals surface area contributed by atoms with Gasteiger partial charge in [0.1, 0.15) is 0 Å². The van der Waals surface area contributed by atoms with Gasteiger partial charge in [0, 0.05) is 42.0 Å². The smallest absolute Gasteiger partial charge is 0.235 e. The first kappa shape index (κ1) is 19.5. The Kier molecular flexibility index (Phi) is 5.74. The molecule has 0 atom stereocenters. The average molecular weight is 442 g/mol. The first-order chi connectivity index (χ1) is 13.6. The van der Waals surface area contributed by atoms with Gasteiger partial charge < -0.3 is 15.1 Å².